The molecule has 0 aromatic heterocycles. The first-order chi connectivity index (χ1) is 7.29. The van der Waals surface area contributed by atoms with Gasteiger partial charge in [-0.05, 0) is 50.0 Å². The number of benzene rings is 1. The lowest BCUT2D eigenvalue weighted by Gasteiger charge is -2.32. The van der Waals surface area contributed by atoms with Gasteiger partial charge in [0.05, 0.1) is 0 Å². The van der Waals surface area contributed by atoms with Gasteiger partial charge in [0.1, 0.15) is 0 Å². The third-order valence-corrected chi connectivity index (χ3v) is 5.36. The molecule has 15 heavy (non-hydrogen) atoms. The highest BCUT2D eigenvalue weighted by atomic mass is 35.5. The normalized spacial score (nSPS) is 23.0. The Bertz CT molecular complexity index is 385. The Labute approximate surface area is 99.6 Å². The Balaban J connectivity index is 1.94. The maximum Gasteiger partial charge on any atom is 0.0449 e. The Morgan fingerprint density at radius 3 is 2.80 bits per heavy atom. The quantitative estimate of drug-likeness (QED) is 0.747. The molecule has 1 N–H and O–H groups in total. The van der Waals surface area contributed by atoms with E-state index in [0.717, 1.165) is 24.5 Å². The zero-order chi connectivity index (χ0) is 10.3. The van der Waals surface area contributed by atoms with Crippen molar-refractivity contribution in [3.63, 3.8) is 0 Å². The molecule has 3 heteroatoms. The average molecular weight is 240 g/mol. The second kappa shape index (κ2) is 3.69. The van der Waals surface area contributed by atoms with Gasteiger partial charge in [0, 0.05) is 14.7 Å². The molecule has 0 saturated carbocycles. The van der Waals surface area contributed by atoms with Crippen LogP contribution >= 0.6 is 23.4 Å². The van der Waals surface area contributed by atoms with Crippen molar-refractivity contribution in [3.05, 3.63) is 28.8 Å². The zero-order valence-electron chi connectivity index (χ0n) is 8.55. The fraction of sp³-hybridized carbons (Fsp3) is 0.500. The van der Waals surface area contributed by atoms with Crippen LogP contribution in [0.5, 0.6) is 0 Å². The van der Waals surface area contributed by atoms with Gasteiger partial charge < -0.3 is 5.32 Å². The van der Waals surface area contributed by atoms with Crippen molar-refractivity contribution < 1.29 is 0 Å². The molecule has 1 nitrogen and oxygen atoms in total. The molecular formula is C12H14ClNS. The molecule has 0 atom stereocenters. The number of fused-ring (bicyclic) bond motifs is 1. The van der Waals surface area contributed by atoms with Crippen LogP contribution in [0.4, 0.5) is 0 Å². The van der Waals surface area contributed by atoms with Crippen LogP contribution in [0.1, 0.15) is 18.4 Å². The van der Waals surface area contributed by atoms with Gasteiger partial charge in [-0.15, -0.1) is 11.8 Å². The van der Waals surface area contributed by atoms with Gasteiger partial charge in [-0.2, -0.15) is 0 Å². The molecule has 0 aliphatic carbocycles. The Kier molecular flexibility index (Phi) is 2.46. The minimum atomic E-state index is 0.443. The van der Waals surface area contributed by atoms with Crippen LogP contribution in [0.3, 0.4) is 0 Å². The zero-order valence-corrected chi connectivity index (χ0v) is 10.1. The predicted molar refractivity (Wildman–Crippen MR) is 65.8 cm³/mol. The molecule has 1 fully saturated rings. The van der Waals surface area contributed by atoms with Crippen molar-refractivity contribution >= 4 is 23.4 Å². The fourth-order valence-corrected chi connectivity index (χ4v) is 4.40. The van der Waals surface area contributed by atoms with E-state index >= 15 is 0 Å². The smallest absolute Gasteiger partial charge is 0.0449 e. The molecule has 1 aromatic carbocycles. The number of halogens is 1. The Morgan fingerprint density at radius 2 is 2.07 bits per heavy atom. The first-order valence-electron chi connectivity index (χ1n) is 5.46. The molecule has 2 heterocycles. The maximum atomic E-state index is 6.24. The third kappa shape index (κ3) is 1.69. The summed E-state index contributed by atoms with van der Waals surface area (Å²) >= 11 is 8.29. The molecule has 1 saturated heterocycles. The van der Waals surface area contributed by atoms with Crippen molar-refractivity contribution in [2.24, 2.45) is 0 Å². The minimum Gasteiger partial charge on any atom is -0.317 e. The molecule has 1 aromatic rings. The summed E-state index contributed by atoms with van der Waals surface area (Å²) < 4.78 is 0.443. The lowest BCUT2D eigenvalue weighted by Crippen LogP contribution is -2.39. The summed E-state index contributed by atoms with van der Waals surface area (Å²) in [5, 5.41) is 4.39. The van der Waals surface area contributed by atoms with Gasteiger partial charge in [-0.3, -0.25) is 0 Å². The molecule has 0 amide bonds. The van der Waals surface area contributed by atoms with E-state index in [4.69, 9.17) is 11.6 Å². The molecule has 2 aliphatic heterocycles. The van der Waals surface area contributed by atoms with Crippen LogP contribution in [-0.2, 0) is 6.42 Å². The van der Waals surface area contributed by atoms with Crippen molar-refractivity contribution in [2.45, 2.75) is 28.9 Å². The largest absolute Gasteiger partial charge is 0.317 e. The topological polar surface area (TPSA) is 12.0 Å². The highest BCUT2D eigenvalue weighted by molar-refractivity contribution is 8.01. The highest BCUT2D eigenvalue weighted by Gasteiger charge is 2.39. The van der Waals surface area contributed by atoms with Gasteiger partial charge >= 0.3 is 0 Å². The maximum absolute atomic E-state index is 6.24. The standard InChI is InChI=1S/C12H14ClNS/c13-10-2-1-3-11-9(10)8-12(15-11)4-6-14-7-5-12/h1-3,14H,4-8H2. The van der Waals surface area contributed by atoms with Crippen LogP contribution in [0.25, 0.3) is 0 Å². The number of rotatable bonds is 0. The molecule has 0 radical (unpaired) electrons. The fourth-order valence-electron chi connectivity index (χ4n) is 2.56. The first kappa shape index (κ1) is 10.0. The van der Waals surface area contributed by atoms with Gasteiger partial charge in [-0.25, -0.2) is 0 Å². The molecule has 2 aliphatic rings. The second-order valence-corrected chi connectivity index (χ2v) is 6.35. The summed E-state index contributed by atoms with van der Waals surface area (Å²) in [6.07, 6.45) is 3.69. The molecule has 80 valence electrons. The van der Waals surface area contributed by atoms with E-state index in [9.17, 15) is 0 Å². The summed E-state index contributed by atoms with van der Waals surface area (Å²) in [6.45, 7) is 2.30. The van der Waals surface area contributed by atoms with Gasteiger partial charge in [0.25, 0.3) is 0 Å². The van der Waals surface area contributed by atoms with Crippen LogP contribution in [0.2, 0.25) is 5.02 Å². The number of piperidine rings is 1. The lowest BCUT2D eigenvalue weighted by atomic mass is 9.90. The highest BCUT2D eigenvalue weighted by Crippen LogP contribution is 2.51. The van der Waals surface area contributed by atoms with E-state index in [0.29, 0.717) is 4.75 Å². The lowest BCUT2D eigenvalue weighted by molar-refractivity contribution is 0.417. The second-order valence-electron chi connectivity index (χ2n) is 4.43. The van der Waals surface area contributed by atoms with Gasteiger partial charge in [-0.1, -0.05) is 17.7 Å². The minimum absolute atomic E-state index is 0.443. The Morgan fingerprint density at radius 1 is 1.27 bits per heavy atom. The van der Waals surface area contributed by atoms with Crippen molar-refractivity contribution in [3.8, 4) is 0 Å². The van der Waals surface area contributed by atoms with E-state index in [1.54, 1.807) is 0 Å². The van der Waals surface area contributed by atoms with E-state index in [1.165, 1.54) is 23.3 Å². The summed E-state index contributed by atoms with van der Waals surface area (Å²) in [6, 6.07) is 6.29. The van der Waals surface area contributed by atoms with E-state index < -0.39 is 0 Å². The summed E-state index contributed by atoms with van der Waals surface area (Å²) in [5.74, 6) is 0. The van der Waals surface area contributed by atoms with Crippen molar-refractivity contribution in [1.29, 1.82) is 0 Å². The van der Waals surface area contributed by atoms with Crippen LogP contribution in [0.15, 0.2) is 23.1 Å². The van der Waals surface area contributed by atoms with Crippen LogP contribution < -0.4 is 5.32 Å². The molecule has 0 unspecified atom stereocenters. The number of nitrogens with one attached hydrogen (secondary N) is 1. The average Bonchev–Trinajstić information content (AvgIpc) is 2.59. The van der Waals surface area contributed by atoms with E-state index in [2.05, 4.69) is 17.4 Å². The Hall–Kier alpha value is -0.180. The summed E-state index contributed by atoms with van der Waals surface area (Å²) in [4.78, 5) is 1.41. The molecule has 3 rings (SSSR count). The third-order valence-electron chi connectivity index (χ3n) is 3.42. The molecule has 0 bridgehead atoms. The van der Waals surface area contributed by atoms with E-state index in [1.807, 2.05) is 17.8 Å². The molecular weight excluding hydrogens is 226 g/mol. The van der Waals surface area contributed by atoms with Crippen LogP contribution in [-0.4, -0.2) is 17.8 Å². The predicted octanol–water partition coefficient (Wildman–Crippen LogP) is 3.11. The number of thioether (sulfide) groups is 1. The SMILES string of the molecule is Clc1cccc2c1CC1(CCNCC1)S2. The summed E-state index contributed by atoms with van der Waals surface area (Å²) in [7, 11) is 0. The first-order valence-corrected chi connectivity index (χ1v) is 6.66. The van der Waals surface area contributed by atoms with Crippen LogP contribution in [0, 0.1) is 0 Å². The van der Waals surface area contributed by atoms with Crippen molar-refractivity contribution in [1.82, 2.24) is 5.32 Å². The van der Waals surface area contributed by atoms with Gasteiger partial charge in [0.15, 0.2) is 0 Å². The van der Waals surface area contributed by atoms with Crippen molar-refractivity contribution in [2.75, 3.05) is 13.1 Å². The van der Waals surface area contributed by atoms with E-state index in [-0.39, 0.29) is 0 Å². The summed E-state index contributed by atoms with van der Waals surface area (Å²) in [5.41, 5.74) is 1.38. The number of hydrogen-bond donors (Lipinski definition) is 1. The monoisotopic (exact) mass is 239 g/mol. The number of hydrogen-bond acceptors (Lipinski definition) is 2. The molecule has 1 spiro atoms. The van der Waals surface area contributed by atoms with Gasteiger partial charge in [0.2, 0.25) is 0 Å².